The van der Waals surface area contributed by atoms with Crippen molar-refractivity contribution in [3.05, 3.63) is 54.2 Å². The summed E-state index contributed by atoms with van der Waals surface area (Å²) < 4.78 is 10.2. The molecular weight excluding hydrogens is 310 g/mol. The van der Waals surface area contributed by atoms with Gasteiger partial charge < -0.3 is 20.1 Å². The summed E-state index contributed by atoms with van der Waals surface area (Å²) in [5.74, 6) is 0.457. The van der Waals surface area contributed by atoms with Crippen LogP contribution in [0.15, 0.2) is 48.7 Å². The number of para-hydroxylation sites is 1. The van der Waals surface area contributed by atoms with E-state index in [4.69, 9.17) is 9.47 Å². The third-order valence-corrected chi connectivity index (χ3v) is 3.06. The van der Waals surface area contributed by atoms with Gasteiger partial charge in [0.2, 0.25) is 11.8 Å². The van der Waals surface area contributed by atoms with E-state index < -0.39 is 0 Å². The number of rotatable bonds is 8. The van der Waals surface area contributed by atoms with Crippen molar-refractivity contribution in [1.29, 1.82) is 0 Å². The van der Waals surface area contributed by atoms with Crippen molar-refractivity contribution >= 4 is 11.8 Å². The van der Waals surface area contributed by atoms with Crippen LogP contribution in [0.1, 0.15) is 5.56 Å². The fourth-order valence-electron chi connectivity index (χ4n) is 1.79. The van der Waals surface area contributed by atoms with Crippen LogP contribution in [0.25, 0.3) is 0 Å². The molecule has 2 amide bonds. The van der Waals surface area contributed by atoms with E-state index >= 15 is 0 Å². The van der Waals surface area contributed by atoms with Gasteiger partial charge in [0, 0.05) is 18.8 Å². The van der Waals surface area contributed by atoms with Crippen molar-refractivity contribution in [2.45, 2.75) is 6.54 Å². The maximum absolute atomic E-state index is 11.7. The predicted octanol–water partition coefficient (Wildman–Crippen LogP) is 0.902. The first kappa shape index (κ1) is 17.3. The molecule has 0 radical (unpaired) electrons. The van der Waals surface area contributed by atoms with Crippen molar-refractivity contribution in [2.75, 3.05) is 20.3 Å². The van der Waals surface area contributed by atoms with E-state index in [1.165, 1.54) is 7.11 Å². The number of carbonyl (C=O) groups is 2. The Morgan fingerprint density at radius 2 is 1.83 bits per heavy atom. The number of amides is 2. The van der Waals surface area contributed by atoms with Crippen LogP contribution in [-0.4, -0.2) is 37.1 Å². The van der Waals surface area contributed by atoms with E-state index in [9.17, 15) is 9.59 Å². The summed E-state index contributed by atoms with van der Waals surface area (Å²) in [6.07, 6.45) is 1.62. The molecule has 0 saturated heterocycles. The lowest BCUT2D eigenvalue weighted by Crippen LogP contribution is -2.38. The highest BCUT2D eigenvalue weighted by molar-refractivity contribution is 5.85. The highest BCUT2D eigenvalue weighted by atomic mass is 16.5. The van der Waals surface area contributed by atoms with Crippen LogP contribution < -0.4 is 20.1 Å². The average Bonchev–Trinajstić information content (AvgIpc) is 2.64. The molecule has 0 unspecified atom stereocenters. The number of benzene rings is 1. The molecule has 0 aliphatic carbocycles. The largest absolute Gasteiger partial charge is 0.484 e. The van der Waals surface area contributed by atoms with Gasteiger partial charge in [0.15, 0.2) is 6.61 Å². The van der Waals surface area contributed by atoms with Gasteiger partial charge >= 0.3 is 0 Å². The van der Waals surface area contributed by atoms with Crippen LogP contribution in [-0.2, 0) is 16.1 Å². The van der Waals surface area contributed by atoms with Gasteiger partial charge in [-0.15, -0.1) is 0 Å². The first-order valence-electron chi connectivity index (χ1n) is 7.37. The molecule has 0 fully saturated rings. The molecule has 24 heavy (non-hydrogen) atoms. The number of pyridine rings is 1. The molecule has 0 spiro atoms. The average molecular weight is 329 g/mol. The molecule has 0 atom stereocenters. The summed E-state index contributed by atoms with van der Waals surface area (Å²) in [6.45, 7) is 0.0759. The number of hydrogen-bond donors (Lipinski definition) is 2. The number of methoxy groups -OCH3 is 1. The lowest BCUT2D eigenvalue weighted by atomic mass is 10.3. The Morgan fingerprint density at radius 1 is 1.04 bits per heavy atom. The summed E-state index contributed by atoms with van der Waals surface area (Å²) in [4.78, 5) is 27.4. The number of hydrogen-bond acceptors (Lipinski definition) is 5. The second-order valence-electron chi connectivity index (χ2n) is 4.86. The molecule has 0 aliphatic heterocycles. The Labute approximate surface area is 140 Å². The molecule has 2 aromatic rings. The molecule has 1 aromatic heterocycles. The van der Waals surface area contributed by atoms with E-state index in [1.807, 2.05) is 18.2 Å². The Balaban J connectivity index is 1.64. The zero-order chi connectivity index (χ0) is 17.2. The molecule has 126 valence electrons. The minimum atomic E-state index is -0.361. The van der Waals surface area contributed by atoms with Crippen molar-refractivity contribution in [3.63, 3.8) is 0 Å². The standard InChI is InChI=1S/C17H19N3O4/c1-23-17-8-7-13(10-20-17)9-18-15(21)11-19-16(22)12-24-14-5-3-2-4-6-14/h2-8,10H,9,11-12H2,1H3,(H,18,21)(H,19,22). The molecule has 2 rings (SSSR count). The van der Waals surface area contributed by atoms with Gasteiger partial charge in [0.1, 0.15) is 5.75 Å². The van der Waals surface area contributed by atoms with Gasteiger partial charge in [0.05, 0.1) is 13.7 Å². The number of aromatic nitrogens is 1. The minimum absolute atomic E-state index is 0.111. The zero-order valence-corrected chi connectivity index (χ0v) is 13.3. The van der Waals surface area contributed by atoms with E-state index in [0.717, 1.165) is 5.56 Å². The van der Waals surface area contributed by atoms with Crippen LogP contribution in [0.3, 0.4) is 0 Å². The molecule has 7 heteroatoms. The third-order valence-electron chi connectivity index (χ3n) is 3.06. The van der Waals surface area contributed by atoms with Crippen molar-refractivity contribution in [3.8, 4) is 11.6 Å². The minimum Gasteiger partial charge on any atom is -0.484 e. The summed E-state index contributed by atoms with van der Waals surface area (Å²) >= 11 is 0. The van der Waals surface area contributed by atoms with Gasteiger partial charge in [-0.3, -0.25) is 9.59 Å². The van der Waals surface area contributed by atoms with Gasteiger partial charge in [-0.25, -0.2) is 4.98 Å². The van der Waals surface area contributed by atoms with E-state index in [-0.39, 0.29) is 25.0 Å². The number of ether oxygens (including phenoxy) is 2. The molecule has 0 aliphatic rings. The molecule has 0 saturated carbocycles. The smallest absolute Gasteiger partial charge is 0.258 e. The maximum Gasteiger partial charge on any atom is 0.258 e. The van der Waals surface area contributed by atoms with E-state index in [2.05, 4.69) is 15.6 Å². The molecule has 7 nitrogen and oxygen atoms in total. The Bertz CT molecular complexity index is 659. The SMILES string of the molecule is COc1ccc(CNC(=O)CNC(=O)COc2ccccc2)cn1. The lowest BCUT2D eigenvalue weighted by molar-refractivity contribution is -0.127. The first-order valence-corrected chi connectivity index (χ1v) is 7.37. The molecule has 0 bridgehead atoms. The van der Waals surface area contributed by atoms with Crippen molar-refractivity contribution in [1.82, 2.24) is 15.6 Å². The summed E-state index contributed by atoms with van der Waals surface area (Å²) in [5, 5.41) is 5.19. The van der Waals surface area contributed by atoms with Crippen molar-refractivity contribution < 1.29 is 19.1 Å². The summed E-state index contributed by atoms with van der Waals surface area (Å²) in [7, 11) is 1.54. The number of nitrogens with zero attached hydrogens (tertiary/aromatic N) is 1. The topological polar surface area (TPSA) is 89.6 Å². The van der Waals surface area contributed by atoms with Crippen molar-refractivity contribution in [2.24, 2.45) is 0 Å². The number of nitrogens with one attached hydrogen (secondary N) is 2. The highest BCUT2D eigenvalue weighted by Crippen LogP contribution is 2.07. The molecule has 1 heterocycles. The summed E-state index contributed by atoms with van der Waals surface area (Å²) in [5.41, 5.74) is 0.836. The predicted molar refractivity (Wildman–Crippen MR) is 87.6 cm³/mol. The van der Waals surface area contributed by atoms with E-state index in [1.54, 1.807) is 30.5 Å². The lowest BCUT2D eigenvalue weighted by Gasteiger charge is -2.08. The van der Waals surface area contributed by atoms with Crippen LogP contribution in [0.5, 0.6) is 11.6 Å². The van der Waals surface area contributed by atoms with Crippen LogP contribution in [0.2, 0.25) is 0 Å². The Kier molecular flexibility index (Phi) is 6.58. The van der Waals surface area contributed by atoms with Crippen LogP contribution in [0.4, 0.5) is 0 Å². The molecule has 1 aromatic carbocycles. The van der Waals surface area contributed by atoms with Gasteiger partial charge in [-0.2, -0.15) is 0 Å². The Hall–Kier alpha value is -3.09. The monoisotopic (exact) mass is 329 g/mol. The molecule has 2 N–H and O–H groups in total. The zero-order valence-electron chi connectivity index (χ0n) is 13.3. The Morgan fingerprint density at radius 3 is 2.50 bits per heavy atom. The quantitative estimate of drug-likeness (QED) is 0.751. The number of carbonyl (C=O) groups excluding carboxylic acids is 2. The first-order chi connectivity index (χ1) is 11.7. The fraction of sp³-hybridized carbons (Fsp3) is 0.235. The highest BCUT2D eigenvalue weighted by Gasteiger charge is 2.06. The van der Waals surface area contributed by atoms with Gasteiger partial charge in [0.25, 0.3) is 5.91 Å². The second kappa shape index (κ2) is 9.14. The van der Waals surface area contributed by atoms with E-state index in [0.29, 0.717) is 18.2 Å². The second-order valence-corrected chi connectivity index (χ2v) is 4.86. The van der Waals surface area contributed by atoms with Gasteiger partial charge in [-0.1, -0.05) is 24.3 Å². The van der Waals surface area contributed by atoms with Crippen LogP contribution in [0, 0.1) is 0 Å². The van der Waals surface area contributed by atoms with Crippen LogP contribution >= 0.6 is 0 Å². The fourth-order valence-corrected chi connectivity index (χ4v) is 1.79. The van der Waals surface area contributed by atoms with Gasteiger partial charge in [-0.05, 0) is 17.7 Å². The maximum atomic E-state index is 11.7. The normalized spacial score (nSPS) is 9.88. The molecular formula is C17H19N3O4. The summed E-state index contributed by atoms with van der Waals surface area (Å²) in [6, 6.07) is 12.5. The third kappa shape index (κ3) is 5.96.